The van der Waals surface area contributed by atoms with E-state index in [9.17, 15) is 0 Å². The maximum Gasteiger partial charge on any atom is 0.237 e. The molecule has 96 valence electrons. The summed E-state index contributed by atoms with van der Waals surface area (Å²) < 4.78 is 5.54. The molecule has 17 heavy (non-hydrogen) atoms. The first kappa shape index (κ1) is 14.0. The minimum Gasteiger partial charge on any atom is -0.476 e. The van der Waals surface area contributed by atoms with Crippen LogP contribution in [0.5, 0.6) is 5.88 Å². The highest BCUT2D eigenvalue weighted by Gasteiger charge is 2.05. The molecule has 0 aliphatic heterocycles. The lowest BCUT2D eigenvalue weighted by Gasteiger charge is -2.07. The van der Waals surface area contributed by atoms with Gasteiger partial charge in [-0.2, -0.15) is 4.98 Å². The molecule has 0 unspecified atom stereocenters. The van der Waals surface area contributed by atoms with Crippen molar-refractivity contribution in [3.8, 4) is 5.88 Å². The van der Waals surface area contributed by atoms with Crippen LogP contribution in [0.4, 0.5) is 5.95 Å². The van der Waals surface area contributed by atoms with Crippen molar-refractivity contribution >= 4 is 17.5 Å². The fraction of sp³-hybridized carbons (Fsp3) is 0.667. The van der Waals surface area contributed by atoms with Crippen LogP contribution in [0.2, 0.25) is 5.02 Å². The average Bonchev–Trinajstić information content (AvgIpc) is 2.35. The maximum absolute atomic E-state index is 5.94. The Balaban J connectivity index is 2.30. The second kappa shape index (κ2) is 8.12. The molecule has 1 rings (SSSR count). The smallest absolute Gasteiger partial charge is 0.237 e. The van der Waals surface area contributed by atoms with Crippen LogP contribution in [0.25, 0.3) is 0 Å². The van der Waals surface area contributed by atoms with Crippen LogP contribution in [0, 0.1) is 0 Å². The topological polar surface area (TPSA) is 47.0 Å². The highest BCUT2D eigenvalue weighted by Crippen LogP contribution is 2.21. The summed E-state index contributed by atoms with van der Waals surface area (Å²) >= 11 is 5.94. The molecule has 0 spiro atoms. The molecule has 0 saturated heterocycles. The molecular formula is C12H20ClN3O. The molecule has 4 nitrogen and oxygen atoms in total. The summed E-state index contributed by atoms with van der Waals surface area (Å²) in [6, 6.07) is 0. The molecule has 0 aliphatic rings. The molecule has 0 radical (unpaired) electrons. The Morgan fingerprint density at radius 2 is 2.06 bits per heavy atom. The molecule has 1 heterocycles. The first-order valence-corrected chi connectivity index (χ1v) is 6.48. The van der Waals surface area contributed by atoms with Gasteiger partial charge in [-0.3, -0.25) is 0 Å². The molecule has 1 aromatic heterocycles. The SMILES string of the molecule is CCCCCCCOc1nc(NC)ncc1Cl. The Kier molecular flexibility index (Phi) is 6.70. The highest BCUT2D eigenvalue weighted by molar-refractivity contribution is 6.31. The Hall–Kier alpha value is -1.03. The Labute approximate surface area is 108 Å². The van der Waals surface area contributed by atoms with Crippen LogP contribution in [-0.4, -0.2) is 23.6 Å². The first-order valence-electron chi connectivity index (χ1n) is 6.11. The van der Waals surface area contributed by atoms with Gasteiger partial charge in [0.2, 0.25) is 11.8 Å². The van der Waals surface area contributed by atoms with Gasteiger partial charge in [-0.25, -0.2) is 4.98 Å². The van der Waals surface area contributed by atoms with Gasteiger partial charge in [0.1, 0.15) is 5.02 Å². The number of aromatic nitrogens is 2. The zero-order chi connectivity index (χ0) is 12.5. The molecule has 0 amide bonds. The summed E-state index contributed by atoms with van der Waals surface area (Å²) in [7, 11) is 1.76. The van der Waals surface area contributed by atoms with Crippen LogP contribution in [0.3, 0.4) is 0 Å². The average molecular weight is 258 g/mol. The summed E-state index contributed by atoms with van der Waals surface area (Å²) in [5.41, 5.74) is 0. The molecule has 1 N–H and O–H groups in total. The summed E-state index contributed by atoms with van der Waals surface area (Å²) in [5, 5.41) is 3.31. The van der Waals surface area contributed by atoms with E-state index >= 15 is 0 Å². The maximum atomic E-state index is 5.94. The third-order valence-corrected chi connectivity index (χ3v) is 2.68. The number of hydrogen-bond acceptors (Lipinski definition) is 4. The Morgan fingerprint density at radius 1 is 1.29 bits per heavy atom. The number of nitrogens with one attached hydrogen (secondary N) is 1. The van der Waals surface area contributed by atoms with E-state index in [1.165, 1.54) is 25.7 Å². The van der Waals surface area contributed by atoms with Gasteiger partial charge in [0, 0.05) is 7.05 Å². The lowest BCUT2D eigenvalue weighted by atomic mass is 10.2. The van der Waals surface area contributed by atoms with Crippen molar-refractivity contribution in [1.29, 1.82) is 0 Å². The van der Waals surface area contributed by atoms with Crippen molar-refractivity contribution < 1.29 is 4.74 Å². The monoisotopic (exact) mass is 257 g/mol. The quantitative estimate of drug-likeness (QED) is 0.724. The third-order valence-electron chi connectivity index (χ3n) is 2.42. The van der Waals surface area contributed by atoms with E-state index in [1.807, 2.05) is 0 Å². The van der Waals surface area contributed by atoms with Crippen molar-refractivity contribution in [2.45, 2.75) is 39.0 Å². The molecule has 0 aliphatic carbocycles. The third kappa shape index (κ3) is 5.22. The first-order chi connectivity index (χ1) is 8.27. The van der Waals surface area contributed by atoms with Gasteiger partial charge in [0.25, 0.3) is 0 Å². The van der Waals surface area contributed by atoms with Crippen molar-refractivity contribution in [2.75, 3.05) is 19.0 Å². The van der Waals surface area contributed by atoms with Crippen LogP contribution in [-0.2, 0) is 0 Å². The van der Waals surface area contributed by atoms with E-state index in [0.29, 0.717) is 23.5 Å². The lowest BCUT2D eigenvalue weighted by Crippen LogP contribution is -2.03. The molecule has 0 saturated carbocycles. The number of rotatable bonds is 8. The molecule has 0 aromatic carbocycles. The van der Waals surface area contributed by atoms with E-state index in [2.05, 4.69) is 22.2 Å². The second-order valence-corrected chi connectivity index (χ2v) is 4.27. The van der Waals surface area contributed by atoms with E-state index in [-0.39, 0.29) is 0 Å². The molecule has 0 bridgehead atoms. The fourth-order valence-corrected chi connectivity index (χ4v) is 1.59. The van der Waals surface area contributed by atoms with E-state index in [0.717, 1.165) is 6.42 Å². The van der Waals surface area contributed by atoms with Gasteiger partial charge >= 0.3 is 0 Å². The van der Waals surface area contributed by atoms with Gasteiger partial charge in [-0.1, -0.05) is 44.2 Å². The summed E-state index contributed by atoms with van der Waals surface area (Å²) in [6.45, 7) is 2.86. The van der Waals surface area contributed by atoms with Gasteiger partial charge < -0.3 is 10.1 Å². The van der Waals surface area contributed by atoms with E-state index < -0.39 is 0 Å². The molecule has 1 aromatic rings. The zero-order valence-corrected chi connectivity index (χ0v) is 11.3. The zero-order valence-electron chi connectivity index (χ0n) is 10.5. The minimum atomic E-state index is 0.456. The minimum absolute atomic E-state index is 0.456. The van der Waals surface area contributed by atoms with Crippen LogP contribution in [0.15, 0.2) is 6.20 Å². The Morgan fingerprint density at radius 3 is 2.76 bits per heavy atom. The highest BCUT2D eigenvalue weighted by atomic mass is 35.5. The number of hydrogen-bond donors (Lipinski definition) is 1. The molecule has 0 atom stereocenters. The lowest BCUT2D eigenvalue weighted by molar-refractivity contribution is 0.293. The van der Waals surface area contributed by atoms with Gasteiger partial charge in [0.15, 0.2) is 0 Å². The fourth-order valence-electron chi connectivity index (χ4n) is 1.45. The van der Waals surface area contributed by atoms with Gasteiger partial charge in [-0.15, -0.1) is 0 Å². The van der Waals surface area contributed by atoms with Gasteiger partial charge in [-0.05, 0) is 6.42 Å². The van der Waals surface area contributed by atoms with Crippen LogP contribution >= 0.6 is 11.6 Å². The van der Waals surface area contributed by atoms with Crippen molar-refractivity contribution in [3.63, 3.8) is 0 Å². The van der Waals surface area contributed by atoms with Crippen LogP contribution < -0.4 is 10.1 Å². The molecular weight excluding hydrogens is 238 g/mol. The summed E-state index contributed by atoms with van der Waals surface area (Å²) in [5.74, 6) is 0.983. The Bertz CT molecular complexity index is 334. The number of halogens is 1. The van der Waals surface area contributed by atoms with Crippen molar-refractivity contribution in [3.05, 3.63) is 11.2 Å². The molecule has 5 heteroatoms. The number of nitrogens with zero attached hydrogens (tertiary/aromatic N) is 2. The van der Waals surface area contributed by atoms with Gasteiger partial charge in [0.05, 0.1) is 12.8 Å². The largest absolute Gasteiger partial charge is 0.476 e. The number of ether oxygens (including phenoxy) is 1. The number of anilines is 1. The predicted octanol–water partition coefficient (Wildman–Crippen LogP) is 3.52. The van der Waals surface area contributed by atoms with E-state index in [1.54, 1.807) is 13.2 Å². The summed E-state index contributed by atoms with van der Waals surface area (Å²) in [6.07, 6.45) is 7.58. The predicted molar refractivity (Wildman–Crippen MR) is 70.8 cm³/mol. The van der Waals surface area contributed by atoms with E-state index in [4.69, 9.17) is 16.3 Å². The standard InChI is InChI=1S/C12H20ClN3O/c1-3-4-5-6-7-8-17-11-10(13)9-15-12(14-2)16-11/h9H,3-8H2,1-2H3,(H,14,15,16). The van der Waals surface area contributed by atoms with Crippen LogP contribution in [0.1, 0.15) is 39.0 Å². The molecule has 0 fully saturated rings. The second-order valence-electron chi connectivity index (χ2n) is 3.86. The normalized spacial score (nSPS) is 10.3. The number of unbranched alkanes of at least 4 members (excludes halogenated alkanes) is 4. The van der Waals surface area contributed by atoms with Crippen molar-refractivity contribution in [1.82, 2.24) is 9.97 Å². The summed E-state index contributed by atoms with van der Waals surface area (Å²) in [4.78, 5) is 8.14. The van der Waals surface area contributed by atoms with Crippen molar-refractivity contribution in [2.24, 2.45) is 0 Å².